The molecule has 0 bridgehead atoms. The average Bonchev–Trinajstić information content (AvgIpc) is 3.18. The van der Waals surface area contributed by atoms with E-state index in [2.05, 4.69) is 10.4 Å². The van der Waals surface area contributed by atoms with Gasteiger partial charge in [-0.2, -0.15) is 5.10 Å². The summed E-state index contributed by atoms with van der Waals surface area (Å²) in [4.78, 5) is 41.4. The zero-order chi connectivity index (χ0) is 22.5. The van der Waals surface area contributed by atoms with Crippen LogP contribution >= 0.6 is 0 Å². The van der Waals surface area contributed by atoms with Gasteiger partial charge in [0, 0.05) is 51.8 Å². The van der Waals surface area contributed by atoms with Crippen molar-refractivity contribution in [1.29, 1.82) is 0 Å². The zero-order valence-corrected chi connectivity index (χ0v) is 18.4. The van der Waals surface area contributed by atoms with Gasteiger partial charge in [-0.3, -0.25) is 19.1 Å². The Morgan fingerprint density at radius 3 is 2.59 bits per heavy atom. The summed E-state index contributed by atoms with van der Waals surface area (Å²) >= 11 is 0. The first kappa shape index (κ1) is 22.0. The van der Waals surface area contributed by atoms with Gasteiger partial charge in [0.1, 0.15) is 5.69 Å². The Kier molecular flexibility index (Phi) is 6.84. The van der Waals surface area contributed by atoms with E-state index in [1.165, 1.54) is 5.56 Å². The van der Waals surface area contributed by atoms with Gasteiger partial charge >= 0.3 is 0 Å². The van der Waals surface area contributed by atoms with E-state index in [1.807, 2.05) is 31.2 Å². The molecule has 4 rings (SSSR count). The SMILES string of the molecule is Cc1ccc(CN2CCCn3nc(C(=O)NCCC(=O)N4CCOCC4)cc3C2=O)cc1. The summed E-state index contributed by atoms with van der Waals surface area (Å²) in [6.45, 7) is 6.27. The third kappa shape index (κ3) is 5.16. The first-order chi connectivity index (χ1) is 15.5. The first-order valence-corrected chi connectivity index (χ1v) is 11.1. The number of rotatable bonds is 6. The van der Waals surface area contributed by atoms with Crippen molar-refractivity contribution >= 4 is 17.7 Å². The van der Waals surface area contributed by atoms with Crippen LogP contribution in [-0.4, -0.2) is 76.7 Å². The molecule has 2 aromatic rings. The highest BCUT2D eigenvalue weighted by molar-refractivity contribution is 5.98. The molecule has 1 aromatic heterocycles. The van der Waals surface area contributed by atoms with E-state index in [0.29, 0.717) is 51.6 Å². The summed E-state index contributed by atoms with van der Waals surface area (Å²) in [5.41, 5.74) is 2.87. The minimum Gasteiger partial charge on any atom is -0.378 e. The molecule has 1 fully saturated rings. The molecular weight excluding hydrogens is 410 g/mol. The maximum absolute atomic E-state index is 13.1. The van der Waals surface area contributed by atoms with E-state index in [-0.39, 0.29) is 36.4 Å². The molecule has 0 atom stereocenters. The molecule has 32 heavy (non-hydrogen) atoms. The molecule has 9 heteroatoms. The molecule has 2 aliphatic rings. The monoisotopic (exact) mass is 439 g/mol. The van der Waals surface area contributed by atoms with Crippen LogP contribution < -0.4 is 5.32 Å². The summed E-state index contributed by atoms with van der Waals surface area (Å²) in [5.74, 6) is -0.508. The summed E-state index contributed by atoms with van der Waals surface area (Å²) in [6, 6.07) is 9.68. The van der Waals surface area contributed by atoms with Crippen LogP contribution in [0, 0.1) is 6.92 Å². The Bertz CT molecular complexity index is 979. The van der Waals surface area contributed by atoms with Crippen molar-refractivity contribution in [2.45, 2.75) is 32.9 Å². The zero-order valence-electron chi connectivity index (χ0n) is 18.4. The number of ether oxygens (including phenoxy) is 1. The maximum atomic E-state index is 13.1. The molecular formula is C23H29N5O4. The number of morpholine rings is 1. The molecule has 170 valence electrons. The van der Waals surface area contributed by atoms with Gasteiger partial charge in [-0.05, 0) is 18.9 Å². The van der Waals surface area contributed by atoms with E-state index in [9.17, 15) is 14.4 Å². The molecule has 3 amide bonds. The number of carbonyl (C=O) groups excluding carboxylic acids is 3. The summed E-state index contributed by atoms with van der Waals surface area (Å²) in [6.07, 6.45) is 0.990. The Morgan fingerprint density at radius 1 is 1.09 bits per heavy atom. The number of nitrogens with one attached hydrogen (secondary N) is 1. The molecule has 2 aliphatic heterocycles. The number of nitrogens with zero attached hydrogens (tertiary/aromatic N) is 4. The lowest BCUT2D eigenvalue weighted by Crippen LogP contribution is -2.42. The fourth-order valence-corrected chi connectivity index (χ4v) is 3.95. The fourth-order valence-electron chi connectivity index (χ4n) is 3.95. The van der Waals surface area contributed by atoms with Crippen LogP contribution in [-0.2, 0) is 22.6 Å². The van der Waals surface area contributed by atoms with Crippen molar-refractivity contribution in [3.8, 4) is 0 Å². The van der Waals surface area contributed by atoms with Crippen LogP contribution in [0.5, 0.6) is 0 Å². The lowest BCUT2D eigenvalue weighted by Gasteiger charge is -2.26. The van der Waals surface area contributed by atoms with E-state index in [1.54, 1.807) is 20.5 Å². The lowest BCUT2D eigenvalue weighted by atomic mass is 10.1. The highest BCUT2D eigenvalue weighted by Crippen LogP contribution is 2.17. The third-order valence-corrected chi connectivity index (χ3v) is 5.80. The number of benzene rings is 1. The quantitative estimate of drug-likeness (QED) is 0.730. The van der Waals surface area contributed by atoms with E-state index < -0.39 is 0 Å². The van der Waals surface area contributed by atoms with Crippen molar-refractivity contribution in [3.63, 3.8) is 0 Å². The van der Waals surface area contributed by atoms with Gasteiger partial charge in [-0.25, -0.2) is 0 Å². The van der Waals surface area contributed by atoms with Crippen molar-refractivity contribution < 1.29 is 19.1 Å². The molecule has 3 heterocycles. The van der Waals surface area contributed by atoms with Gasteiger partial charge in [0.15, 0.2) is 5.69 Å². The molecule has 0 aliphatic carbocycles. The fraction of sp³-hybridized carbons (Fsp3) is 0.478. The van der Waals surface area contributed by atoms with Crippen molar-refractivity contribution in [1.82, 2.24) is 24.9 Å². The molecule has 1 aromatic carbocycles. The Hall–Kier alpha value is -3.20. The molecule has 0 spiro atoms. The molecule has 0 unspecified atom stereocenters. The second-order valence-corrected chi connectivity index (χ2v) is 8.20. The summed E-state index contributed by atoms with van der Waals surface area (Å²) < 4.78 is 6.86. The number of hydrogen-bond donors (Lipinski definition) is 1. The highest BCUT2D eigenvalue weighted by atomic mass is 16.5. The predicted molar refractivity (Wildman–Crippen MR) is 117 cm³/mol. The van der Waals surface area contributed by atoms with Crippen LogP contribution in [0.3, 0.4) is 0 Å². The number of carbonyl (C=O) groups is 3. The Morgan fingerprint density at radius 2 is 1.84 bits per heavy atom. The van der Waals surface area contributed by atoms with Crippen LogP contribution in [0.15, 0.2) is 30.3 Å². The molecule has 0 radical (unpaired) electrons. The molecule has 1 saturated heterocycles. The lowest BCUT2D eigenvalue weighted by molar-refractivity contribution is -0.135. The van der Waals surface area contributed by atoms with Gasteiger partial charge in [0.2, 0.25) is 5.91 Å². The minimum atomic E-state index is -0.377. The second kappa shape index (κ2) is 9.95. The van der Waals surface area contributed by atoms with E-state index in [4.69, 9.17) is 4.74 Å². The third-order valence-electron chi connectivity index (χ3n) is 5.80. The van der Waals surface area contributed by atoms with E-state index in [0.717, 1.165) is 12.0 Å². The summed E-state index contributed by atoms with van der Waals surface area (Å²) in [7, 11) is 0. The van der Waals surface area contributed by atoms with E-state index >= 15 is 0 Å². The normalized spacial score (nSPS) is 16.5. The molecule has 1 N–H and O–H groups in total. The maximum Gasteiger partial charge on any atom is 0.272 e. The highest BCUT2D eigenvalue weighted by Gasteiger charge is 2.26. The van der Waals surface area contributed by atoms with Crippen molar-refractivity contribution in [2.24, 2.45) is 0 Å². The second-order valence-electron chi connectivity index (χ2n) is 8.20. The molecule has 0 saturated carbocycles. The van der Waals surface area contributed by atoms with Crippen LogP contribution in [0.1, 0.15) is 44.9 Å². The summed E-state index contributed by atoms with van der Waals surface area (Å²) in [5, 5.41) is 7.09. The number of aromatic nitrogens is 2. The van der Waals surface area contributed by atoms with Crippen molar-refractivity contribution in [3.05, 3.63) is 52.8 Å². The number of hydrogen-bond acceptors (Lipinski definition) is 5. The Labute approximate surface area is 187 Å². The van der Waals surface area contributed by atoms with Crippen LogP contribution in [0.25, 0.3) is 0 Å². The van der Waals surface area contributed by atoms with Crippen LogP contribution in [0.4, 0.5) is 0 Å². The van der Waals surface area contributed by atoms with Gasteiger partial charge < -0.3 is 19.9 Å². The molecule has 9 nitrogen and oxygen atoms in total. The van der Waals surface area contributed by atoms with Crippen LogP contribution in [0.2, 0.25) is 0 Å². The average molecular weight is 440 g/mol. The number of aryl methyl sites for hydroxylation is 2. The van der Waals surface area contributed by atoms with Gasteiger partial charge in [0.05, 0.1) is 13.2 Å². The van der Waals surface area contributed by atoms with Crippen molar-refractivity contribution in [2.75, 3.05) is 39.4 Å². The standard InChI is InChI=1S/C23H29N5O4/c1-17-3-5-18(6-4-17)16-27-9-2-10-28-20(23(27)31)15-19(25-28)22(30)24-8-7-21(29)26-11-13-32-14-12-26/h3-6,15H,2,7-14,16H2,1H3,(H,24,30). The first-order valence-electron chi connectivity index (χ1n) is 11.1. The largest absolute Gasteiger partial charge is 0.378 e. The van der Waals surface area contributed by atoms with Gasteiger partial charge in [-0.15, -0.1) is 0 Å². The predicted octanol–water partition coefficient (Wildman–Crippen LogP) is 1.22. The van der Waals surface area contributed by atoms with Gasteiger partial charge in [0.25, 0.3) is 11.8 Å². The Balaban J connectivity index is 1.35. The number of fused-ring (bicyclic) bond motifs is 1. The smallest absolute Gasteiger partial charge is 0.272 e. The van der Waals surface area contributed by atoms with Gasteiger partial charge in [-0.1, -0.05) is 29.8 Å². The topological polar surface area (TPSA) is 96.8 Å². The number of amides is 3. The minimum absolute atomic E-state index is 0.00357.